The summed E-state index contributed by atoms with van der Waals surface area (Å²) in [6.45, 7) is 9.29. The lowest BCUT2D eigenvalue weighted by Crippen LogP contribution is -2.47. The Morgan fingerprint density at radius 3 is 2.37 bits per heavy atom. The van der Waals surface area contributed by atoms with E-state index in [9.17, 15) is 4.79 Å². The minimum absolute atomic E-state index is 0.110. The first-order chi connectivity index (χ1) is 14.2. The third kappa shape index (κ3) is 4.35. The molecule has 1 heterocycles. The first kappa shape index (κ1) is 21.2. The van der Waals surface area contributed by atoms with Crippen molar-refractivity contribution in [3.8, 4) is 5.75 Å². The van der Waals surface area contributed by atoms with Gasteiger partial charge in [-0.2, -0.15) is 5.10 Å². The van der Waals surface area contributed by atoms with E-state index in [0.29, 0.717) is 5.92 Å². The van der Waals surface area contributed by atoms with Crippen LogP contribution >= 0.6 is 0 Å². The zero-order valence-electron chi connectivity index (χ0n) is 19.3. The highest BCUT2D eigenvalue weighted by Crippen LogP contribution is 2.48. The Bertz CT molecular complexity index is 821. The number of nitrogens with one attached hydrogen (secondary N) is 1. The standard InChI is InChI=1S/C25H37N3O2/c1-24(2)14-18(15-25(3,4)16-24)28-23(29)26-21-13-19(30-5)11-12-20(21)22(27-28)17-9-7-6-8-10-17/h11-13,17-18H,6-10,14-16H2,1-5H3,(H,26,29). The summed E-state index contributed by atoms with van der Waals surface area (Å²) >= 11 is 0. The maximum absolute atomic E-state index is 13.4. The molecule has 0 bridgehead atoms. The molecular weight excluding hydrogens is 374 g/mol. The molecule has 2 amide bonds. The number of anilines is 1. The van der Waals surface area contributed by atoms with Gasteiger partial charge >= 0.3 is 6.03 Å². The molecule has 5 heteroatoms. The third-order valence-corrected chi connectivity index (χ3v) is 7.04. The van der Waals surface area contributed by atoms with Crippen molar-refractivity contribution in [3.05, 3.63) is 23.8 Å². The molecule has 4 rings (SSSR count). The molecular formula is C25H37N3O2. The molecule has 3 aliphatic rings. The van der Waals surface area contributed by atoms with Crippen LogP contribution in [0.1, 0.15) is 84.6 Å². The summed E-state index contributed by atoms with van der Waals surface area (Å²) in [6.07, 6.45) is 9.19. The number of ether oxygens (including phenoxy) is 1. The van der Waals surface area contributed by atoms with Crippen molar-refractivity contribution in [1.29, 1.82) is 0 Å². The van der Waals surface area contributed by atoms with Crippen molar-refractivity contribution < 1.29 is 9.53 Å². The van der Waals surface area contributed by atoms with Gasteiger partial charge in [-0.3, -0.25) is 0 Å². The van der Waals surface area contributed by atoms with E-state index in [2.05, 4.69) is 39.1 Å². The van der Waals surface area contributed by atoms with Crippen molar-refractivity contribution in [2.24, 2.45) is 21.8 Å². The summed E-state index contributed by atoms with van der Waals surface area (Å²) in [5.41, 5.74) is 3.32. The second kappa shape index (κ2) is 7.90. The summed E-state index contributed by atoms with van der Waals surface area (Å²) in [5.74, 6) is 1.16. The predicted octanol–water partition coefficient (Wildman–Crippen LogP) is 6.43. The lowest BCUT2D eigenvalue weighted by Gasteiger charge is -2.47. The fourth-order valence-corrected chi connectivity index (χ4v) is 6.25. The summed E-state index contributed by atoms with van der Waals surface area (Å²) in [5, 5.41) is 10.1. The van der Waals surface area contributed by atoms with Gasteiger partial charge in [0.1, 0.15) is 5.75 Å². The summed E-state index contributed by atoms with van der Waals surface area (Å²) in [7, 11) is 1.66. The largest absolute Gasteiger partial charge is 0.497 e. The fourth-order valence-electron chi connectivity index (χ4n) is 6.25. The number of hydrogen-bond acceptors (Lipinski definition) is 3. The van der Waals surface area contributed by atoms with Crippen LogP contribution in [-0.4, -0.2) is 29.9 Å². The predicted molar refractivity (Wildman–Crippen MR) is 122 cm³/mol. The van der Waals surface area contributed by atoms with Crippen LogP contribution in [0, 0.1) is 16.7 Å². The molecule has 164 valence electrons. The average molecular weight is 412 g/mol. The monoisotopic (exact) mass is 411 g/mol. The van der Waals surface area contributed by atoms with Gasteiger partial charge in [0.15, 0.2) is 0 Å². The van der Waals surface area contributed by atoms with E-state index in [-0.39, 0.29) is 22.9 Å². The first-order valence-corrected chi connectivity index (χ1v) is 11.5. The third-order valence-electron chi connectivity index (χ3n) is 7.04. The summed E-state index contributed by atoms with van der Waals surface area (Å²) < 4.78 is 5.43. The lowest BCUT2D eigenvalue weighted by atomic mass is 9.63. The van der Waals surface area contributed by atoms with Gasteiger partial charge in [0.25, 0.3) is 0 Å². The normalized spacial score (nSPS) is 24.5. The number of urea groups is 1. The molecule has 1 aliphatic heterocycles. The zero-order chi connectivity index (χ0) is 21.5. The van der Waals surface area contributed by atoms with Gasteiger partial charge in [0.2, 0.25) is 0 Å². The number of hydrogen-bond donors (Lipinski definition) is 1. The molecule has 2 fully saturated rings. The topological polar surface area (TPSA) is 53.9 Å². The number of amides is 2. The Balaban J connectivity index is 1.76. The van der Waals surface area contributed by atoms with Crippen molar-refractivity contribution in [1.82, 2.24) is 5.01 Å². The maximum Gasteiger partial charge on any atom is 0.342 e. The van der Waals surface area contributed by atoms with E-state index in [4.69, 9.17) is 9.84 Å². The Hall–Kier alpha value is -2.04. The SMILES string of the molecule is COc1ccc2c(c1)NC(=O)N(C1CC(C)(C)CC(C)(C)C1)N=C2C1CCCCC1. The Morgan fingerprint density at radius 1 is 1.07 bits per heavy atom. The molecule has 5 nitrogen and oxygen atoms in total. The van der Waals surface area contributed by atoms with Gasteiger partial charge in [0.05, 0.1) is 24.6 Å². The maximum atomic E-state index is 13.4. The molecule has 2 saturated carbocycles. The molecule has 1 N–H and O–H groups in total. The Labute approximate surface area is 181 Å². The van der Waals surface area contributed by atoms with Gasteiger partial charge in [-0.15, -0.1) is 0 Å². The highest BCUT2D eigenvalue weighted by atomic mass is 16.5. The Morgan fingerprint density at radius 2 is 1.73 bits per heavy atom. The number of carbonyl (C=O) groups excluding carboxylic acids is 1. The number of carbonyl (C=O) groups is 1. The van der Waals surface area contributed by atoms with E-state index >= 15 is 0 Å². The van der Waals surface area contributed by atoms with Gasteiger partial charge in [-0.05, 0) is 55.1 Å². The number of benzene rings is 1. The molecule has 0 atom stereocenters. The first-order valence-electron chi connectivity index (χ1n) is 11.5. The smallest absolute Gasteiger partial charge is 0.342 e. The molecule has 0 radical (unpaired) electrons. The van der Waals surface area contributed by atoms with E-state index in [1.54, 1.807) is 12.1 Å². The molecule has 1 aromatic carbocycles. The second-order valence-electron chi connectivity index (χ2n) is 11.1. The quantitative estimate of drug-likeness (QED) is 0.623. The van der Waals surface area contributed by atoms with E-state index < -0.39 is 0 Å². The van der Waals surface area contributed by atoms with Crippen molar-refractivity contribution in [2.75, 3.05) is 12.4 Å². The number of rotatable bonds is 3. The summed E-state index contributed by atoms with van der Waals surface area (Å²) in [4.78, 5) is 13.4. The van der Waals surface area contributed by atoms with Crippen LogP contribution < -0.4 is 10.1 Å². The lowest BCUT2D eigenvalue weighted by molar-refractivity contribution is 0.0432. The Kier molecular flexibility index (Phi) is 5.58. The highest BCUT2D eigenvalue weighted by Gasteiger charge is 2.43. The minimum atomic E-state index is -0.117. The molecule has 30 heavy (non-hydrogen) atoms. The van der Waals surface area contributed by atoms with Gasteiger partial charge < -0.3 is 10.1 Å². The molecule has 0 saturated heterocycles. The van der Waals surface area contributed by atoms with Gasteiger partial charge in [0, 0.05) is 17.5 Å². The molecule has 0 spiro atoms. The number of fused-ring (bicyclic) bond motifs is 1. The minimum Gasteiger partial charge on any atom is -0.497 e. The van der Waals surface area contributed by atoms with Crippen LogP contribution in [0.25, 0.3) is 0 Å². The van der Waals surface area contributed by atoms with Gasteiger partial charge in [-0.1, -0.05) is 47.0 Å². The molecule has 0 aromatic heterocycles. The van der Waals surface area contributed by atoms with Crippen molar-refractivity contribution in [3.63, 3.8) is 0 Å². The van der Waals surface area contributed by atoms with Crippen LogP contribution in [0.3, 0.4) is 0 Å². The van der Waals surface area contributed by atoms with Crippen molar-refractivity contribution in [2.45, 2.75) is 85.1 Å². The summed E-state index contributed by atoms with van der Waals surface area (Å²) in [6, 6.07) is 5.97. The second-order valence-corrected chi connectivity index (χ2v) is 11.1. The van der Waals surface area contributed by atoms with E-state index in [1.165, 1.54) is 25.7 Å². The van der Waals surface area contributed by atoms with Crippen LogP contribution in [0.4, 0.5) is 10.5 Å². The average Bonchev–Trinajstić information content (AvgIpc) is 2.81. The van der Waals surface area contributed by atoms with Crippen LogP contribution in [-0.2, 0) is 0 Å². The highest BCUT2D eigenvalue weighted by molar-refractivity contribution is 6.11. The zero-order valence-corrected chi connectivity index (χ0v) is 19.3. The number of hydrazone groups is 1. The van der Waals surface area contributed by atoms with Crippen molar-refractivity contribution >= 4 is 17.4 Å². The number of methoxy groups -OCH3 is 1. The van der Waals surface area contributed by atoms with E-state index in [0.717, 1.165) is 48.4 Å². The molecule has 2 aliphatic carbocycles. The number of nitrogens with zero attached hydrogens (tertiary/aromatic N) is 2. The molecule has 1 aromatic rings. The van der Waals surface area contributed by atoms with Crippen LogP contribution in [0.15, 0.2) is 23.3 Å². The fraction of sp³-hybridized carbons (Fsp3) is 0.680. The van der Waals surface area contributed by atoms with Gasteiger partial charge in [-0.25, -0.2) is 9.80 Å². The van der Waals surface area contributed by atoms with E-state index in [1.807, 2.05) is 12.1 Å². The van der Waals surface area contributed by atoms with Crippen LogP contribution in [0.2, 0.25) is 0 Å². The molecule has 0 unspecified atom stereocenters. The van der Waals surface area contributed by atoms with Crippen LogP contribution in [0.5, 0.6) is 5.75 Å².